The number of methoxy groups -OCH3 is 2. The van der Waals surface area contributed by atoms with E-state index >= 15 is 0 Å². The van der Waals surface area contributed by atoms with Crippen LogP contribution in [0.3, 0.4) is 0 Å². The Morgan fingerprint density at radius 1 is 1.00 bits per heavy atom. The van der Waals surface area contributed by atoms with Crippen LogP contribution in [0.15, 0.2) is 42.5 Å². The minimum absolute atomic E-state index is 0.0714. The lowest BCUT2D eigenvalue weighted by Crippen LogP contribution is -2.13. The van der Waals surface area contributed by atoms with Crippen molar-refractivity contribution in [1.29, 1.82) is 0 Å². The van der Waals surface area contributed by atoms with Crippen LogP contribution in [0, 0.1) is 0 Å². The highest BCUT2D eigenvalue weighted by Crippen LogP contribution is 2.39. The van der Waals surface area contributed by atoms with E-state index in [-0.39, 0.29) is 11.2 Å². The molecule has 0 spiro atoms. The zero-order valence-electron chi connectivity index (χ0n) is 16.3. The third kappa shape index (κ3) is 4.26. The van der Waals surface area contributed by atoms with Gasteiger partial charge in [0, 0.05) is 23.9 Å². The van der Waals surface area contributed by atoms with E-state index in [1.165, 1.54) is 0 Å². The number of ether oxygens (including phenoxy) is 2. The maximum absolute atomic E-state index is 12.5. The number of allylic oxidation sites excluding steroid dienone is 1. The van der Waals surface area contributed by atoms with Gasteiger partial charge in [-0.3, -0.25) is 4.79 Å². The van der Waals surface area contributed by atoms with Gasteiger partial charge in [-0.05, 0) is 47.9 Å². The summed E-state index contributed by atoms with van der Waals surface area (Å²) < 4.78 is 11.1. The number of nitrogens with one attached hydrogen (secondary N) is 1. The van der Waals surface area contributed by atoms with Gasteiger partial charge in [-0.2, -0.15) is 0 Å². The summed E-state index contributed by atoms with van der Waals surface area (Å²) in [5, 5.41) is 3.04. The molecule has 0 unspecified atom stereocenters. The largest absolute Gasteiger partial charge is 0.496 e. The summed E-state index contributed by atoms with van der Waals surface area (Å²) in [6.45, 7) is 6.37. The minimum atomic E-state index is -0.0901. The van der Waals surface area contributed by atoms with E-state index in [0.717, 1.165) is 22.6 Å². The van der Waals surface area contributed by atoms with Crippen molar-refractivity contribution < 1.29 is 14.3 Å². The normalized spacial score (nSPS) is 11.5. The van der Waals surface area contributed by atoms with Gasteiger partial charge < -0.3 is 14.8 Å². The smallest absolute Gasteiger partial charge is 0.185 e. The Morgan fingerprint density at radius 2 is 1.65 bits per heavy atom. The number of rotatable bonds is 6. The summed E-state index contributed by atoms with van der Waals surface area (Å²) in [6, 6.07) is 11.3. The van der Waals surface area contributed by atoms with Gasteiger partial charge in [0.1, 0.15) is 11.5 Å². The predicted octanol–water partition coefficient (Wildman–Crippen LogP) is 4.94. The fourth-order valence-electron chi connectivity index (χ4n) is 2.78. The van der Waals surface area contributed by atoms with Crippen LogP contribution in [0.25, 0.3) is 6.08 Å². The molecule has 0 radical (unpaired) electrons. The quantitative estimate of drug-likeness (QED) is 0.590. The second-order valence-corrected chi connectivity index (χ2v) is 7.04. The lowest BCUT2D eigenvalue weighted by atomic mass is 9.85. The number of anilines is 1. The summed E-state index contributed by atoms with van der Waals surface area (Å²) in [7, 11) is 5.10. The van der Waals surface area contributed by atoms with Crippen molar-refractivity contribution in [1.82, 2.24) is 0 Å². The van der Waals surface area contributed by atoms with Crippen LogP contribution in [-0.4, -0.2) is 27.1 Å². The molecule has 4 nitrogen and oxygen atoms in total. The van der Waals surface area contributed by atoms with Crippen molar-refractivity contribution in [2.75, 3.05) is 26.6 Å². The van der Waals surface area contributed by atoms with Gasteiger partial charge in [0.05, 0.1) is 19.8 Å². The molecule has 26 heavy (non-hydrogen) atoms. The Hall–Kier alpha value is -2.75. The average molecular weight is 353 g/mol. The van der Waals surface area contributed by atoms with E-state index in [9.17, 15) is 4.79 Å². The molecule has 0 heterocycles. The molecular weight excluding hydrogens is 326 g/mol. The third-order valence-corrected chi connectivity index (χ3v) is 4.25. The Morgan fingerprint density at radius 3 is 2.15 bits per heavy atom. The Balaban J connectivity index is 2.42. The zero-order chi connectivity index (χ0) is 19.3. The van der Waals surface area contributed by atoms with Crippen molar-refractivity contribution in [2.45, 2.75) is 26.2 Å². The zero-order valence-corrected chi connectivity index (χ0v) is 16.3. The van der Waals surface area contributed by atoms with Crippen LogP contribution < -0.4 is 14.8 Å². The SMILES string of the molecule is CNc1ccc(C(=O)C=Cc2c(OC)ccc(C(C)(C)C)c2OC)cc1. The van der Waals surface area contributed by atoms with Crippen LogP contribution in [0.4, 0.5) is 5.69 Å². The molecule has 0 atom stereocenters. The van der Waals surface area contributed by atoms with E-state index in [1.807, 2.05) is 31.3 Å². The van der Waals surface area contributed by atoms with E-state index in [0.29, 0.717) is 11.3 Å². The number of carbonyl (C=O) groups is 1. The average Bonchev–Trinajstić information content (AvgIpc) is 2.64. The van der Waals surface area contributed by atoms with Gasteiger partial charge in [-0.25, -0.2) is 0 Å². The van der Waals surface area contributed by atoms with Crippen molar-refractivity contribution in [3.05, 3.63) is 59.2 Å². The van der Waals surface area contributed by atoms with Gasteiger partial charge in [0.15, 0.2) is 5.78 Å². The molecule has 0 amide bonds. The molecule has 0 bridgehead atoms. The van der Waals surface area contributed by atoms with E-state index in [2.05, 4.69) is 26.1 Å². The fraction of sp³-hybridized carbons (Fsp3) is 0.318. The van der Waals surface area contributed by atoms with E-state index in [4.69, 9.17) is 9.47 Å². The van der Waals surface area contributed by atoms with Crippen molar-refractivity contribution in [3.63, 3.8) is 0 Å². The summed E-state index contributed by atoms with van der Waals surface area (Å²) in [6.07, 6.45) is 3.32. The standard InChI is InChI=1S/C22H27NO3/c1-22(2,3)18-12-14-20(25-5)17(21(18)26-6)11-13-19(24)15-7-9-16(23-4)10-8-15/h7-14,23H,1-6H3. The van der Waals surface area contributed by atoms with Crippen LogP contribution in [0.2, 0.25) is 0 Å². The lowest BCUT2D eigenvalue weighted by Gasteiger charge is -2.24. The second kappa shape index (κ2) is 8.09. The van der Waals surface area contributed by atoms with Gasteiger partial charge in [-0.1, -0.05) is 26.8 Å². The molecule has 0 saturated heterocycles. The first kappa shape index (κ1) is 19.6. The molecule has 2 aromatic rings. The first-order valence-corrected chi connectivity index (χ1v) is 8.57. The Bertz CT molecular complexity index is 799. The molecule has 2 aromatic carbocycles. The van der Waals surface area contributed by atoms with E-state index < -0.39 is 0 Å². The van der Waals surface area contributed by atoms with Crippen molar-refractivity contribution >= 4 is 17.5 Å². The highest BCUT2D eigenvalue weighted by molar-refractivity contribution is 6.07. The topological polar surface area (TPSA) is 47.6 Å². The first-order valence-electron chi connectivity index (χ1n) is 8.57. The molecule has 0 aliphatic heterocycles. The van der Waals surface area contributed by atoms with Crippen LogP contribution >= 0.6 is 0 Å². The molecular formula is C22H27NO3. The third-order valence-electron chi connectivity index (χ3n) is 4.25. The van der Waals surface area contributed by atoms with Crippen LogP contribution in [0.5, 0.6) is 11.5 Å². The molecule has 138 valence electrons. The van der Waals surface area contributed by atoms with Crippen molar-refractivity contribution in [2.24, 2.45) is 0 Å². The number of benzene rings is 2. The molecule has 0 aliphatic rings. The summed E-state index contributed by atoms with van der Waals surface area (Å²) in [4.78, 5) is 12.5. The highest BCUT2D eigenvalue weighted by atomic mass is 16.5. The lowest BCUT2D eigenvalue weighted by molar-refractivity contribution is 0.104. The maximum Gasteiger partial charge on any atom is 0.185 e. The second-order valence-electron chi connectivity index (χ2n) is 7.04. The van der Waals surface area contributed by atoms with Gasteiger partial charge >= 0.3 is 0 Å². The Labute approximate surface area is 155 Å². The summed E-state index contributed by atoms with van der Waals surface area (Å²) in [5.41, 5.74) is 3.33. The molecule has 0 aromatic heterocycles. The molecule has 0 saturated carbocycles. The van der Waals surface area contributed by atoms with Gasteiger partial charge in [-0.15, -0.1) is 0 Å². The molecule has 0 fully saturated rings. The Kier molecular flexibility index (Phi) is 6.09. The van der Waals surface area contributed by atoms with Crippen LogP contribution in [0.1, 0.15) is 42.3 Å². The predicted molar refractivity (Wildman–Crippen MR) is 108 cm³/mol. The minimum Gasteiger partial charge on any atom is -0.496 e. The first-order chi connectivity index (χ1) is 12.3. The molecule has 0 aliphatic carbocycles. The number of carbonyl (C=O) groups excluding carboxylic acids is 1. The number of ketones is 1. The molecule has 2 rings (SSSR count). The van der Waals surface area contributed by atoms with E-state index in [1.54, 1.807) is 38.5 Å². The highest BCUT2D eigenvalue weighted by Gasteiger charge is 2.22. The molecule has 4 heteroatoms. The fourth-order valence-corrected chi connectivity index (χ4v) is 2.78. The van der Waals surface area contributed by atoms with Gasteiger partial charge in [0.2, 0.25) is 0 Å². The van der Waals surface area contributed by atoms with Crippen LogP contribution in [-0.2, 0) is 5.41 Å². The maximum atomic E-state index is 12.5. The van der Waals surface area contributed by atoms with Gasteiger partial charge in [0.25, 0.3) is 0 Å². The monoisotopic (exact) mass is 353 g/mol. The summed E-state index contributed by atoms with van der Waals surface area (Å²) in [5.74, 6) is 1.33. The molecule has 1 N–H and O–H groups in total. The summed E-state index contributed by atoms with van der Waals surface area (Å²) >= 11 is 0. The van der Waals surface area contributed by atoms with Crippen molar-refractivity contribution in [3.8, 4) is 11.5 Å². The number of hydrogen-bond acceptors (Lipinski definition) is 4. The number of hydrogen-bond donors (Lipinski definition) is 1.